The first-order valence-electron chi connectivity index (χ1n) is 5.44. The number of hydrogen-bond donors (Lipinski definition) is 2. The number of hydrogen-bond acceptors (Lipinski definition) is 3. The van der Waals surface area contributed by atoms with E-state index in [-0.39, 0.29) is 12.0 Å². The Morgan fingerprint density at radius 2 is 2.38 bits per heavy atom. The van der Waals surface area contributed by atoms with Gasteiger partial charge in [0.2, 0.25) is 5.91 Å². The van der Waals surface area contributed by atoms with Crippen LogP contribution in [0.3, 0.4) is 0 Å². The van der Waals surface area contributed by atoms with E-state index in [1.807, 2.05) is 24.3 Å². The van der Waals surface area contributed by atoms with Crippen molar-refractivity contribution in [2.45, 2.75) is 25.5 Å². The molecule has 1 aromatic carbocycles. The zero-order valence-corrected chi connectivity index (χ0v) is 9.27. The lowest BCUT2D eigenvalue weighted by atomic mass is 10.1. The molecule has 0 radical (unpaired) electrons. The Bertz CT molecular complexity index is 365. The number of fused-ring (bicyclic) bond motifs is 1. The summed E-state index contributed by atoms with van der Waals surface area (Å²) in [6.07, 6.45) is 0.871. The van der Waals surface area contributed by atoms with Gasteiger partial charge in [-0.05, 0) is 18.6 Å². The molecule has 16 heavy (non-hydrogen) atoms. The van der Waals surface area contributed by atoms with Gasteiger partial charge in [0.05, 0.1) is 12.6 Å². The van der Waals surface area contributed by atoms with E-state index < -0.39 is 6.04 Å². The van der Waals surface area contributed by atoms with Crippen LogP contribution in [0.5, 0.6) is 5.75 Å². The van der Waals surface area contributed by atoms with Crippen molar-refractivity contribution in [3.63, 3.8) is 0 Å². The minimum Gasteiger partial charge on any atom is -0.488 e. The molecule has 0 aromatic heterocycles. The summed E-state index contributed by atoms with van der Waals surface area (Å²) in [5.74, 6) is 0.780. The van der Waals surface area contributed by atoms with Gasteiger partial charge in [-0.2, -0.15) is 0 Å². The van der Waals surface area contributed by atoms with E-state index in [9.17, 15) is 4.79 Å². The summed E-state index contributed by atoms with van der Waals surface area (Å²) in [4.78, 5) is 11.3. The highest BCUT2D eigenvalue weighted by atomic mass is 16.5. The SMILES string of the molecule is CC(N)C(=O)NCC1Cc2ccccc2O1. The highest BCUT2D eigenvalue weighted by Crippen LogP contribution is 2.27. The molecule has 1 heterocycles. The number of para-hydroxylation sites is 1. The molecule has 4 nitrogen and oxygen atoms in total. The molecule has 1 aromatic rings. The first-order valence-corrected chi connectivity index (χ1v) is 5.44. The number of nitrogens with one attached hydrogen (secondary N) is 1. The lowest BCUT2D eigenvalue weighted by molar-refractivity contribution is -0.122. The van der Waals surface area contributed by atoms with E-state index in [4.69, 9.17) is 10.5 Å². The fraction of sp³-hybridized carbons (Fsp3) is 0.417. The standard InChI is InChI=1S/C12H16N2O2/c1-8(13)12(15)14-7-10-6-9-4-2-3-5-11(9)16-10/h2-5,8,10H,6-7,13H2,1H3,(H,14,15). The van der Waals surface area contributed by atoms with E-state index in [1.165, 1.54) is 5.56 Å². The molecule has 2 unspecified atom stereocenters. The summed E-state index contributed by atoms with van der Waals surface area (Å²) in [5.41, 5.74) is 6.65. The zero-order valence-electron chi connectivity index (χ0n) is 9.27. The predicted molar refractivity (Wildman–Crippen MR) is 61.2 cm³/mol. The molecular weight excluding hydrogens is 204 g/mol. The van der Waals surface area contributed by atoms with Crippen LogP contribution in [-0.4, -0.2) is 24.6 Å². The summed E-state index contributed by atoms with van der Waals surface area (Å²) < 4.78 is 5.68. The molecule has 0 bridgehead atoms. The predicted octanol–water partition coefficient (Wildman–Crippen LogP) is 0.454. The lowest BCUT2D eigenvalue weighted by Crippen LogP contribution is -2.42. The third kappa shape index (κ3) is 2.33. The Labute approximate surface area is 94.8 Å². The van der Waals surface area contributed by atoms with Crippen molar-refractivity contribution in [2.24, 2.45) is 5.73 Å². The fourth-order valence-electron chi connectivity index (χ4n) is 1.74. The number of ether oxygens (including phenoxy) is 1. The van der Waals surface area contributed by atoms with Crippen molar-refractivity contribution in [3.8, 4) is 5.75 Å². The maximum absolute atomic E-state index is 11.3. The maximum Gasteiger partial charge on any atom is 0.236 e. The summed E-state index contributed by atoms with van der Waals surface area (Å²) >= 11 is 0. The first-order chi connectivity index (χ1) is 7.66. The Balaban J connectivity index is 1.86. The second kappa shape index (κ2) is 4.53. The Morgan fingerprint density at radius 1 is 1.62 bits per heavy atom. The van der Waals surface area contributed by atoms with Gasteiger partial charge in [-0.15, -0.1) is 0 Å². The molecule has 0 saturated heterocycles. The molecule has 0 spiro atoms. The van der Waals surface area contributed by atoms with Crippen molar-refractivity contribution in [2.75, 3.05) is 6.54 Å². The third-order valence-electron chi connectivity index (χ3n) is 2.63. The van der Waals surface area contributed by atoms with Crippen LogP contribution >= 0.6 is 0 Å². The average Bonchev–Trinajstić information content (AvgIpc) is 2.68. The molecular formula is C12H16N2O2. The number of carbonyl (C=O) groups is 1. The summed E-state index contributed by atoms with van der Waals surface area (Å²) in [6, 6.07) is 7.46. The number of nitrogens with two attached hydrogens (primary N) is 1. The normalized spacial score (nSPS) is 19.8. The summed E-state index contributed by atoms with van der Waals surface area (Å²) in [7, 11) is 0. The lowest BCUT2D eigenvalue weighted by Gasteiger charge is -2.13. The Morgan fingerprint density at radius 3 is 3.06 bits per heavy atom. The van der Waals surface area contributed by atoms with Gasteiger partial charge >= 0.3 is 0 Å². The molecule has 2 atom stereocenters. The van der Waals surface area contributed by atoms with Crippen LogP contribution in [0, 0.1) is 0 Å². The number of benzene rings is 1. The average molecular weight is 220 g/mol. The van der Waals surface area contributed by atoms with Crippen LogP contribution in [-0.2, 0) is 11.2 Å². The van der Waals surface area contributed by atoms with Gasteiger partial charge in [0.15, 0.2) is 0 Å². The number of rotatable bonds is 3. The molecule has 3 N–H and O–H groups in total. The Kier molecular flexibility index (Phi) is 3.10. The van der Waals surface area contributed by atoms with Crippen LogP contribution in [0.4, 0.5) is 0 Å². The van der Waals surface area contributed by atoms with E-state index in [0.717, 1.165) is 12.2 Å². The minimum absolute atomic E-state index is 0.0279. The van der Waals surface area contributed by atoms with E-state index in [2.05, 4.69) is 5.32 Å². The molecule has 1 aliphatic rings. The zero-order chi connectivity index (χ0) is 11.5. The fourth-order valence-corrected chi connectivity index (χ4v) is 1.74. The smallest absolute Gasteiger partial charge is 0.236 e. The summed E-state index contributed by atoms with van der Waals surface area (Å²) in [5, 5.41) is 2.77. The molecule has 86 valence electrons. The minimum atomic E-state index is -0.469. The quantitative estimate of drug-likeness (QED) is 0.777. The van der Waals surface area contributed by atoms with Gasteiger partial charge in [-0.3, -0.25) is 4.79 Å². The van der Waals surface area contributed by atoms with Crippen LogP contribution in [0.2, 0.25) is 0 Å². The van der Waals surface area contributed by atoms with Crippen LogP contribution in [0.15, 0.2) is 24.3 Å². The van der Waals surface area contributed by atoms with Crippen molar-refractivity contribution in [1.29, 1.82) is 0 Å². The van der Waals surface area contributed by atoms with Crippen molar-refractivity contribution in [1.82, 2.24) is 5.32 Å². The maximum atomic E-state index is 11.3. The second-order valence-electron chi connectivity index (χ2n) is 4.09. The van der Waals surface area contributed by atoms with Crippen LogP contribution < -0.4 is 15.8 Å². The summed E-state index contributed by atoms with van der Waals surface area (Å²) in [6.45, 7) is 2.18. The van der Waals surface area contributed by atoms with E-state index in [1.54, 1.807) is 6.92 Å². The van der Waals surface area contributed by atoms with Gasteiger partial charge in [0.1, 0.15) is 11.9 Å². The van der Waals surface area contributed by atoms with Gasteiger partial charge in [-0.25, -0.2) is 0 Å². The molecule has 1 amide bonds. The van der Waals surface area contributed by atoms with E-state index >= 15 is 0 Å². The molecule has 0 saturated carbocycles. The van der Waals surface area contributed by atoms with E-state index in [0.29, 0.717) is 6.54 Å². The highest BCUT2D eigenvalue weighted by molar-refractivity contribution is 5.80. The van der Waals surface area contributed by atoms with Gasteiger partial charge in [-0.1, -0.05) is 18.2 Å². The molecule has 4 heteroatoms. The first kappa shape index (κ1) is 11.0. The van der Waals surface area contributed by atoms with Gasteiger partial charge < -0.3 is 15.8 Å². The van der Waals surface area contributed by atoms with Gasteiger partial charge in [0, 0.05) is 6.42 Å². The molecule has 2 rings (SSSR count). The largest absolute Gasteiger partial charge is 0.488 e. The molecule has 0 fully saturated rings. The van der Waals surface area contributed by atoms with Gasteiger partial charge in [0.25, 0.3) is 0 Å². The van der Waals surface area contributed by atoms with Crippen LogP contribution in [0.25, 0.3) is 0 Å². The Hall–Kier alpha value is -1.55. The van der Waals surface area contributed by atoms with Crippen molar-refractivity contribution >= 4 is 5.91 Å². The third-order valence-corrected chi connectivity index (χ3v) is 2.63. The number of carbonyl (C=O) groups excluding carboxylic acids is 1. The highest BCUT2D eigenvalue weighted by Gasteiger charge is 2.22. The topological polar surface area (TPSA) is 64.4 Å². The number of amides is 1. The van der Waals surface area contributed by atoms with Crippen molar-refractivity contribution in [3.05, 3.63) is 29.8 Å². The second-order valence-corrected chi connectivity index (χ2v) is 4.09. The van der Waals surface area contributed by atoms with Crippen LogP contribution in [0.1, 0.15) is 12.5 Å². The molecule has 0 aliphatic carbocycles. The van der Waals surface area contributed by atoms with Crippen molar-refractivity contribution < 1.29 is 9.53 Å². The molecule has 1 aliphatic heterocycles. The monoisotopic (exact) mass is 220 g/mol.